The van der Waals surface area contributed by atoms with E-state index in [0.717, 1.165) is 30.6 Å². The number of fused-ring (bicyclic) bond motifs is 1. The number of carbonyl (C=O) groups excluding carboxylic acids is 1. The van der Waals surface area contributed by atoms with Gasteiger partial charge in [-0.15, -0.1) is 21.5 Å². The van der Waals surface area contributed by atoms with Gasteiger partial charge in [-0.2, -0.15) is 5.26 Å². The minimum absolute atomic E-state index is 0.155. The lowest BCUT2D eigenvalue weighted by atomic mass is 9.72. The molecule has 1 atom stereocenters. The van der Waals surface area contributed by atoms with Gasteiger partial charge in [0.2, 0.25) is 5.91 Å². The van der Waals surface area contributed by atoms with E-state index in [9.17, 15) is 10.1 Å². The monoisotopic (exact) mass is 495 g/mol. The Kier molecular flexibility index (Phi) is 7.29. The Labute approximate surface area is 208 Å². The summed E-state index contributed by atoms with van der Waals surface area (Å²) in [6.45, 7) is 7.11. The molecule has 34 heavy (non-hydrogen) atoms. The highest BCUT2D eigenvalue weighted by Gasteiger charge is 2.32. The quantitative estimate of drug-likeness (QED) is 0.452. The van der Waals surface area contributed by atoms with Crippen LogP contribution in [-0.2, 0) is 31.3 Å². The first kappa shape index (κ1) is 24.3. The lowest BCUT2D eigenvalue weighted by molar-refractivity contribution is -0.113. The van der Waals surface area contributed by atoms with Gasteiger partial charge in [0.25, 0.3) is 0 Å². The van der Waals surface area contributed by atoms with E-state index in [1.807, 2.05) is 41.9 Å². The fourth-order valence-corrected chi connectivity index (χ4v) is 6.11. The van der Waals surface area contributed by atoms with Crippen LogP contribution >= 0.6 is 23.1 Å². The molecule has 1 aliphatic rings. The van der Waals surface area contributed by atoms with Crippen LogP contribution in [0.15, 0.2) is 35.5 Å². The largest absolute Gasteiger partial charge is 0.486 e. The third kappa shape index (κ3) is 5.45. The van der Waals surface area contributed by atoms with Crippen LogP contribution in [0.25, 0.3) is 0 Å². The van der Waals surface area contributed by atoms with Crippen molar-refractivity contribution >= 4 is 34.0 Å². The first-order chi connectivity index (χ1) is 16.3. The van der Waals surface area contributed by atoms with Crippen molar-refractivity contribution in [2.24, 2.45) is 18.4 Å². The maximum Gasteiger partial charge on any atom is 0.235 e. The zero-order valence-corrected chi connectivity index (χ0v) is 21.6. The van der Waals surface area contributed by atoms with Crippen LogP contribution in [0, 0.1) is 22.7 Å². The first-order valence-corrected chi connectivity index (χ1v) is 13.1. The van der Waals surface area contributed by atoms with E-state index in [-0.39, 0.29) is 17.1 Å². The molecule has 178 valence electrons. The molecule has 0 spiro atoms. The molecule has 3 aromatic rings. The molecule has 7 nitrogen and oxygen atoms in total. The van der Waals surface area contributed by atoms with E-state index in [2.05, 4.69) is 42.4 Å². The van der Waals surface area contributed by atoms with Gasteiger partial charge in [-0.05, 0) is 48.3 Å². The molecule has 0 saturated carbocycles. The van der Waals surface area contributed by atoms with Crippen LogP contribution in [-0.4, -0.2) is 26.4 Å². The van der Waals surface area contributed by atoms with Crippen LogP contribution in [0.4, 0.5) is 5.00 Å². The standard InChI is InChI=1S/C25H29N5O2S2/c1-25(2,3)16-10-11-18-19(13-26)23(34-20(18)12-16)27-22(31)15-33-24-29-28-21(30(24)4)14-32-17-8-6-5-7-9-17/h5-9,16H,10-12,14-15H2,1-4H3,(H,27,31)/t16-/m1/s1. The third-order valence-electron chi connectivity index (χ3n) is 6.22. The van der Waals surface area contributed by atoms with E-state index in [4.69, 9.17) is 4.74 Å². The lowest BCUT2D eigenvalue weighted by Gasteiger charge is -2.33. The second-order valence-corrected chi connectivity index (χ2v) is 11.6. The summed E-state index contributed by atoms with van der Waals surface area (Å²) < 4.78 is 7.57. The molecule has 0 unspecified atom stereocenters. The Morgan fingerprint density at radius 2 is 2.09 bits per heavy atom. The zero-order chi connectivity index (χ0) is 24.3. The van der Waals surface area contributed by atoms with Gasteiger partial charge in [-0.3, -0.25) is 4.79 Å². The number of nitriles is 1. The first-order valence-electron chi connectivity index (χ1n) is 11.3. The smallest absolute Gasteiger partial charge is 0.235 e. The second-order valence-electron chi connectivity index (χ2n) is 9.52. The second kappa shape index (κ2) is 10.2. The normalized spacial score (nSPS) is 15.4. The fourth-order valence-electron chi connectivity index (χ4n) is 4.09. The van der Waals surface area contributed by atoms with Crippen LogP contribution in [0.5, 0.6) is 5.75 Å². The summed E-state index contributed by atoms with van der Waals surface area (Å²) >= 11 is 2.87. The van der Waals surface area contributed by atoms with Crippen molar-refractivity contribution in [1.29, 1.82) is 5.26 Å². The van der Waals surface area contributed by atoms with Crippen LogP contribution in [0.1, 0.15) is 49.0 Å². The van der Waals surface area contributed by atoms with E-state index < -0.39 is 0 Å². The minimum Gasteiger partial charge on any atom is -0.486 e. The molecule has 0 radical (unpaired) electrons. The van der Waals surface area contributed by atoms with Gasteiger partial charge < -0.3 is 14.6 Å². The summed E-state index contributed by atoms with van der Waals surface area (Å²) in [5.41, 5.74) is 1.98. The summed E-state index contributed by atoms with van der Waals surface area (Å²) in [4.78, 5) is 13.9. The number of rotatable bonds is 7. The van der Waals surface area contributed by atoms with E-state index in [1.165, 1.54) is 16.6 Å². The molecule has 0 saturated heterocycles. The van der Waals surface area contributed by atoms with Gasteiger partial charge in [0, 0.05) is 11.9 Å². The van der Waals surface area contributed by atoms with Crippen molar-refractivity contribution < 1.29 is 9.53 Å². The highest BCUT2D eigenvalue weighted by atomic mass is 32.2. The minimum atomic E-state index is -0.155. The van der Waals surface area contributed by atoms with E-state index >= 15 is 0 Å². The number of carbonyl (C=O) groups is 1. The number of thioether (sulfide) groups is 1. The van der Waals surface area contributed by atoms with Gasteiger partial charge in [0.05, 0.1) is 11.3 Å². The number of para-hydroxylation sites is 1. The molecule has 0 fully saturated rings. The lowest BCUT2D eigenvalue weighted by Crippen LogP contribution is -2.26. The molecule has 1 N–H and O–H groups in total. The number of hydrogen-bond donors (Lipinski definition) is 1. The summed E-state index contributed by atoms with van der Waals surface area (Å²) in [5, 5.41) is 22.4. The SMILES string of the molecule is Cn1c(COc2ccccc2)nnc1SCC(=O)Nc1sc2c(c1C#N)CC[C@@H](C(C)(C)C)C2. The molecule has 1 amide bonds. The fraction of sp³-hybridized carbons (Fsp3) is 0.440. The molecule has 9 heteroatoms. The number of aromatic nitrogens is 3. The van der Waals surface area contributed by atoms with Crippen molar-refractivity contribution in [2.75, 3.05) is 11.1 Å². The maximum atomic E-state index is 12.7. The molecule has 0 aliphatic heterocycles. The molecular formula is C25H29N5O2S2. The molecule has 0 bridgehead atoms. The van der Waals surface area contributed by atoms with Crippen LogP contribution in [0.2, 0.25) is 0 Å². The summed E-state index contributed by atoms with van der Waals surface area (Å²) in [6.07, 6.45) is 2.94. The zero-order valence-electron chi connectivity index (χ0n) is 19.9. The predicted molar refractivity (Wildman–Crippen MR) is 135 cm³/mol. The van der Waals surface area contributed by atoms with Crippen LogP contribution in [0.3, 0.4) is 0 Å². The topological polar surface area (TPSA) is 92.8 Å². The molecular weight excluding hydrogens is 466 g/mol. The van der Waals surface area contributed by atoms with Crippen molar-refractivity contribution in [3.63, 3.8) is 0 Å². The number of hydrogen-bond acceptors (Lipinski definition) is 7. The summed E-state index contributed by atoms with van der Waals surface area (Å²) in [7, 11) is 1.86. The Hall–Kier alpha value is -2.83. The van der Waals surface area contributed by atoms with Crippen molar-refractivity contribution in [2.45, 2.75) is 51.8 Å². The number of amides is 1. The molecule has 1 aromatic carbocycles. The highest BCUT2D eigenvalue weighted by Crippen LogP contribution is 2.44. The van der Waals surface area contributed by atoms with Gasteiger partial charge in [-0.1, -0.05) is 50.7 Å². The average molecular weight is 496 g/mol. The van der Waals surface area contributed by atoms with Crippen molar-refractivity contribution in [3.8, 4) is 11.8 Å². The Morgan fingerprint density at radius 3 is 2.79 bits per heavy atom. The number of benzene rings is 1. The number of thiophene rings is 1. The molecule has 2 aromatic heterocycles. The predicted octanol–water partition coefficient (Wildman–Crippen LogP) is 5.21. The summed E-state index contributed by atoms with van der Waals surface area (Å²) in [5.74, 6) is 2.05. The average Bonchev–Trinajstić information content (AvgIpc) is 3.34. The molecule has 4 rings (SSSR count). The van der Waals surface area contributed by atoms with Gasteiger partial charge in [0.1, 0.15) is 23.4 Å². The van der Waals surface area contributed by atoms with Gasteiger partial charge >= 0.3 is 0 Å². The Morgan fingerprint density at radius 1 is 1.32 bits per heavy atom. The number of anilines is 1. The third-order valence-corrected chi connectivity index (χ3v) is 8.41. The van der Waals surface area contributed by atoms with Crippen LogP contribution < -0.4 is 10.1 Å². The van der Waals surface area contributed by atoms with E-state index in [0.29, 0.717) is 34.1 Å². The Balaban J connectivity index is 1.36. The number of nitrogens with zero attached hydrogens (tertiary/aromatic N) is 4. The number of ether oxygens (including phenoxy) is 1. The summed E-state index contributed by atoms with van der Waals surface area (Å²) in [6, 6.07) is 11.9. The highest BCUT2D eigenvalue weighted by molar-refractivity contribution is 7.99. The van der Waals surface area contributed by atoms with Crippen molar-refractivity contribution in [3.05, 3.63) is 52.2 Å². The Bertz CT molecular complexity index is 1200. The molecule has 2 heterocycles. The molecule has 1 aliphatic carbocycles. The van der Waals surface area contributed by atoms with Crippen molar-refractivity contribution in [1.82, 2.24) is 14.8 Å². The number of nitrogens with one attached hydrogen (secondary N) is 1. The maximum absolute atomic E-state index is 12.7. The van der Waals surface area contributed by atoms with Gasteiger partial charge in [-0.25, -0.2) is 0 Å². The van der Waals surface area contributed by atoms with E-state index in [1.54, 1.807) is 11.3 Å². The van der Waals surface area contributed by atoms with Gasteiger partial charge in [0.15, 0.2) is 11.0 Å².